The summed E-state index contributed by atoms with van der Waals surface area (Å²) in [7, 11) is 0. The Balaban J connectivity index is 2.34. The van der Waals surface area contributed by atoms with E-state index in [1.54, 1.807) is 0 Å². The van der Waals surface area contributed by atoms with Crippen molar-refractivity contribution in [3.8, 4) is 0 Å². The molecule has 0 aliphatic carbocycles. The molecule has 1 aromatic rings. The smallest absolute Gasteiger partial charge is 0.137 e. The molecule has 4 nitrogen and oxygen atoms in total. The number of nitrogens with zero attached hydrogens (tertiary/aromatic N) is 3. The van der Waals surface area contributed by atoms with Gasteiger partial charge >= 0.3 is 0 Å². The molecule has 0 bridgehead atoms. The highest BCUT2D eigenvalue weighted by Crippen LogP contribution is 2.26. The van der Waals surface area contributed by atoms with Crippen molar-refractivity contribution in [2.75, 3.05) is 29.9 Å². The molecule has 0 atom stereocenters. The first-order chi connectivity index (χ1) is 8.76. The molecule has 1 aromatic heterocycles. The second-order valence-corrected chi connectivity index (χ2v) is 4.87. The first-order valence-electron chi connectivity index (χ1n) is 7.12. The van der Waals surface area contributed by atoms with Gasteiger partial charge in [0.15, 0.2) is 0 Å². The van der Waals surface area contributed by atoms with E-state index in [4.69, 9.17) is 4.98 Å². The van der Waals surface area contributed by atoms with Crippen LogP contribution in [0.15, 0.2) is 0 Å². The highest BCUT2D eigenvalue weighted by molar-refractivity contribution is 5.58. The molecule has 4 heteroatoms. The first kappa shape index (κ1) is 13.1. The lowest BCUT2D eigenvalue weighted by molar-refractivity contribution is 0.571. The standard InChI is InChI=1S/C14H24N4/c1-4-12-16-13(15-5-2)11(3)14(17-12)18-9-7-6-8-10-18/h4-10H2,1-3H3,(H,15,16,17). The van der Waals surface area contributed by atoms with Crippen LogP contribution >= 0.6 is 0 Å². The van der Waals surface area contributed by atoms with Crippen molar-refractivity contribution in [3.05, 3.63) is 11.4 Å². The molecule has 0 amide bonds. The fourth-order valence-electron chi connectivity index (χ4n) is 2.46. The van der Waals surface area contributed by atoms with E-state index in [2.05, 4.69) is 36.0 Å². The monoisotopic (exact) mass is 248 g/mol. The Hall–Kier alpha value is -1.32. The molecular weight excluding hydrogens is 224 g/mol. The van der Waals surface area contributed by atoms with Gasteiger partial charge in [-0.2, -0.15) is 0 Å². The Morgan fingerprint density at radius 1 is 1.11 bits per heavy atom. The summed E-state index contributed by atoms with van der Waals surface area (Å²) in [6.07, 6.45) is 4.80. The van der Waals surface area contributed by atoms with Gasteiger partial charge in [0.1, 0.15) is 17.5 Å². The number of rotatable bonds is 4. The number of nitrogens with one attached hydrogen (secondary N) is 1. The number of anilines is 2. The average Bonchev–Trinajstić information content (AvgIpc) is 2.42. The van der Waals surface area contributed by atoms with E-state index in [0.29, 0.717) is 0 Å². The summed E-state index contributed by atoms with van der Waals surface area (Å²) in [5, 5.41) is 3.35. The number of piperidine rings is 1. The highest BCUT2D eigenvalue weighted by Gasteiger charge is 2.17. The van der Waals surface area contributed by atoms with Crippen molar-refractivity contribution in [1.82, 2.24) is 9.97 Å². The van der Waals surface area contributed by atoms with Gasteiger partial charge in [-0.3, -0.25) is 0 Å². The summed E-state index contributed by atoms with van der Waals surface area (Å²) < 4.78 is 0. The molecule has 0 saturated carbocycles. The third-order valence-corrected chi connectivity index (χ3v) is 3.48. The molecule has 0 spiro atoms. The first-order valence-corrected chi connectivity index (χ1v) is 7.12. The SMILES string of the molecule is CCNc1nc(CC)nc(N2CCCCC2)c1C. The molecule has 1 aliphatic heterocycles. The second kappa shape index (κ2) is 6.03. The lowest BCUT2D eigenvalue weighted by Crippen LogP contribution is -2.31. The van der Waals surface area contributed by atoms with Crippen LogP contribution in [0.25, 0.3) is 0 Å². The molecule has 0 aromatic carbocycles. The van der Waals surface area contributed by atoms with Crippen LogP contribution in [0, 0.1) is 6.92 Å². The normalized spacial score (nSPS) is 15.8. The molecule has 18 heavy (non-hydrogen) atoms. The second-order valence-electron chi connectivity index (χ2n) is 4.87. The van der Waals surface area contributed by atoms with Crippen molar-refractivity contribution >= 4 is 11.6 Å². The van der Waals surface area contributed by atoms with Gasteiger partial charge in [0.2, 0.25) is 0 Å². The van der Waals surface area contributed by atoms with Gasteiger partial charge < -0.3 is 10.2 Å². The summed E-state index contributed by atoms with van der Waals surface area (Å²) in [5.41, 5.74) is 1.19. The number of aromatic nitrogens is 2. The molecule has 2 heterocycles. The Kier molecular flexibility index (Phi) is 4.39. The maximum atomic E-state index is 4.73. The minimum absolute atomic E-state index is 0.888. The van der Waals surface area contributed by atoms with Gasteiger partial charge in [0.05, 0.1) is 0 Å². The van der Waals surface area contributed by atoms with Crippen LogP contribution in [0.3, 0.4) is 0 Å². The van der Waals surface area contributed by atoms with E-state index in [1.807, 2.05) is 0 Å². The summed E-state index contributed by atoms with van der Waals surface area (Å²) in [6.45, 7) is 9.51. The van der Waals surface area contributed by atoms with Crippen molar-refractivity contribution < 1.29 is 0 Å². The average molecular weight is 248 g/mol. The molecule has 0 unspecified atom stereocenters. The molecule has 1 fully saturated rings. The van der Waals surface area contributed by atoms with E-state index >= 15 is 0 Å². The largest absolute Gasteiger partial charge is 0.370 e. The Bertz CT molecular complexity index is 397. The molecule has 1 aliphatic rings. The van der Waals surface area contributed by atoms with Crippen LogP contribution in [0.2, 0.25) is 0 Å². The fourth-order valence-corrected chi connectivity index (χ4v) is 2.46. The van der Waals surface area contributed by atoms with Crippen LogP contribution < -0.4 is 10.2 Å². The maximum Gasteiger partial charge on any atom is 0.137 e. The number of hydrogen-bond donors (Lipinski definition) is 1. The highest BCUT2D eigenvalue weighted by atomic mass is 15.2. The minimum Gasteiger partial charge on any atom is -0.370 e. The van der Waals surface area contributed by atoms with E-state index in [-0.39, 0.29) is 0 Å². The van der Waals surface area contributed by atoms with Crippen LogP contribution in [-0.4, -0.2) is 29.6 Å². The zero-order valence-electron chi connectivity index (χ0n) is 11.8. The van der Waals surface area contributed by atoms with Gasteiger partial charge in [0, 0.05) is 31.6 Å². The van der Waals surface area contributed by atoms with Crippen LogP contribution in [0.4, 0.5) is 11.6 Å². The fraction of sp³-hybridized carbons (Fsp3) is 0.714. The molecule has 100 valence electrons. The zero-order chi connectivity index (χ0) is 13.0. The number of hydrogen-bond acceptors (Lipinski definition) is 4. The summed E-state index contributed by atoms with van der Waals surface area (Å²) in [6, 6.07) is 0. The van der Waals surface area contributed by atoms with E-state index in [1.165, 1.54) is 24.8 Å². The van der Waals surface area contributed by atoms with E-state index in [9.17, 15) is 0 Å². The van der Waals surface area contributed by atoms with Gasteiger partial charge in [0.25, 0.3) is 0 Å². The Morgan fingerprint density at radius 3 is 2.44 bits per heavy atom. The van der Waals surface area contributed by atoms with E-state index < -0.39 is 0 Å². The van der Waals surface area contributed by atoms with Crippen LogP contribution in [0.1, 0.15) is 44.5 Å². The molecule has 2 rings (SSSR count). The third-order valence-electron chi connectivity index (χ3n) is 3.48. The van der Waals surface area contributed by atoms with Gasteiger partial charge in [-0.05, 0) is 33.1 Å². The predicted molar refractivity (Wildman–Crippen MR) is 76.4 cm³/mol. The number of aryl methyl sites for hydroxylation is 1. The van der Waals surface area contributed by atoms with Crippen molar-refractivity contribution in [1.29, 1.82) is 0 Å². The van der Waals surface area contributed by atoms with Crippen LogP contribution in [0.5, 0.6) is 0 Å². The molecular formula is C14H24N4. The zero-order valence-corrected chi connectivity index (χ0v) is 11.8. The molecule has 1 saturated heterocycles. The maximum absolute atomic E-state index is 4.73. The lowest BCUT2D eigenvalue weighted by atomic mass is 10.1. The van der Waals surface area contributed by atoms with E-state index in [0.717, 1.165) is 43.5 Å². The Morgan fingerprint density at radius 2 is 1.83 bits per heavy atom. The topological polar surface area (TPSA) is 41.1 Å². The third kappa shape index (κ3) is 2.74. The summed E-state index contributed by atoms with van der Waals surface area (Å²) in [5.74, 6) is 3.08. The molecule has 0 radical (unpaired) electrons. The van der Waals surface area contributed by atoms with Gasteiger partial charge in [-0.25, -0.2) is 9.97 Å². The van der Waals surface area contributed by atoms with Crippen LogP contribution in [-0.2, 0) is 6.42 Å². The quantitative estimate of drug-likeness (QED) is 0.889. The predicted octanol–water partition coefficient (Wildman–Crippen LogP) is 2.77. The van der Waals surface area contributed by atoms with Gasteiger partial charge in [-0.1, -0.05) is 6.92 Å². The molecule has 1 N–H and O–H groups in total. The summed E-state index contributed by atoms with van der Waals surface area (Å²) >= 11 is 0. The minimum atomic E-state index is 0.888. The van der Waals surface area contributed by atoms with Crippen molar-refractivity contribution in [2.45, 2.75) is 46.5 Å². The van der Waals surface area contributed by atoms with Crippen molar-refractivity contribution in [2.24, 2.45) is 0 Å². The Labute approximate surface area is 110 Å². The van der Waals surface area contributed by atoms with Crippen molar-refractivity contribution in [3.63, 3.8) is 0 Å². The lowest BCUT2D eigenvalue weighted by Gasteiger charge is -2.29. The summed E-state index contributed by atoms with van der Waals surface area (Å²) in [4.78, 5) is 11.7. The van der Waals surface area contributed by atoms with Gasteiger partial charge in [-0.15, -0.1) is 0 Å².